The molecule has 2 N–H and O–H groups in total. The fourth-order valence-corrected chi connectivity index (χ4v) is 7.23. The van der Waals surface area contributed by atoms with Crippen molar-refractivity contribution in [1.82, 2.24) is 29.9 Å². The predicted molar refractivity (Wildman–Crippen MR) is 121 cm³/mol. The van der Waals surface area contributed by atoms with Crippen molar-refractivity contribution in [2.75, 3.05) is 23.1 Å². The van der Waals surface area contributed by atoms with Crippen LogP contribution in [0.4, 0.5) is 0 Å². The molecule has 9 heteroatoms. The quantitative estimate of drug-likeness (QED) is 0.190. The van der Waals surface area contributed by atoms with Crippen LogP contribution in [0.5, 0.6) is 0 Å². The van der Waals surface area contributed by atoms with Gasteiger partial charge in [0.1, 0.15) is 0 Å². The molecule has 0 spiro atoms. The molecule has 174 valence electrons. The number of rotatable bonds is 6. The second-order valence-corrected chi connectivity index (χ2v) is 17.4. The summed E-state index contributed by atoms with van der Waals surface area (Å²) in [6, 6.07) is 10.8. The molecule has 0 bridgehead atoms. The van der Waals surface area contributed by atoms with Crippen LogP contribution in [0.3, 0.4) is 0 Å². The Labute approximate surface area is 196 Å². The van der Waals surface area contributed by atoms with Gasteiger partial charge in [-0.3, -0.25) is 0 Å². The normalized spacial score (nSPS) is 18.4. The molecule has 1 aromatic carbocycles. The standard InChI is InChI=1S/C24H28IN6O2/c1-25(2,32)23-22-18(10-19(27-23)15-7-8-15)21(29-30-22)16-5-4-6-17(9-16)24(12-33-13-24)11-20-28-26-14-31(20)3/h4-6,9-10,14-15,32H,7-8,11-13H2,1-3H3,(H,29,30)/q-1. The van der Waals surface area contributed by atoms with Crippen LogP contribution >= 0.6 is 0 Å². The number of ether oxygens (including phenoxy) is 1. The molecule has 0 unspecified atom stereocenters. The fourth-order valence-electron chi connectivity index (χ4n) is 4.63. The summed E-state index contributed by atoms with van der Waals surface area (Å²) < 4.78 is 19.5. The third kappa shape index (κ3) is 3.66. The number of halogens is 1. The average molecular weight is 559 g/mol. The molecular formula is C24H28IN6O2-. The first-order chi connectivity index (χ1) is 15.8. The van der Waals surface area contributed by atoms with E-state index in [-0.39, 0.29) is 5.41 Å². The van der Waals surface area contributed by atoms with Crippen LogP contribution in [-0.2, 0) is 23.6 Å². The molecule has 4 heterocycles. The van der Waals surface area contributed by atoms with Gasteiger partial charge in [-0.25, -0.2) is 0 Å². The molecule has 1 aliphatic carbocycles. The number of alkyl halides is 2. The van der Waals surface area contributed by atoms with Crippen molar-refractivity contribution >= 4 is 10.9 Å². The van der Waals surface area contributed by atoms with E-state index in [1.807, 2.05) is 21.5 Å². The van der Waals surface area contributed by atoms with E-state index < -0.39 is 18.8 Å². The molecule has 2 fully saturated rings. The maximum atomic E-state index is 11.0. The number of nitrogens with zero attached hydrogens (tertiary/aromatic N) is 5. The van der Waals surface area contributed by atoms with Crippen molar-refractivity contribution in [2.45, 2.75) is 30.6 Å². The van der Waals surface area contributed by atoms with Crippen LogP contribution in [0.2, 0.25) is 0 Å². The number of aryl methyl sites for hydroxylation is 1. The molecule has 0 amide bonds. The van der Waals surface area contributed by atoms with Crippen molar-refractivity contribution in [3.63, 3.8) is 0 Å². The van der Waals surface area contributed by atoms with Crippen molar-refractivity contribution in [3.05, 3.63) is 57.4 Å². The van der Waals surface area contributed by atoms with E-state index in [0.717, 1.165) is 43.8 Å². The van der Waals surface area contributed by atoms with E-state index in [1.54, 1.807) is 6.33 Å². The third-order valence-corrected chi connectivity index (χ3v) is 10.1. The minimum absolute atomic E-state index is 0.114. The van der Waals surface area contributed by atoms with E-state index in [9.17, 15) is 3.44 Å². The zero-order chi connectivity index (χ0) is 22.8. The summed E-state index contributed by atoms with van der Waals surface area (Å²) in [6.07, 6.45) is 4.86. The molecule has 33 heavy (non-hydrogen) atoms. The van der Waals surface area contributed by atoms with Crippen LogP contribution in [0.25, 0.3) is 22.2 Å². The number of fused-ring (bicyclic) bond motifs is 1. The van der Waals surface area contributed by atoms with Crippen molar-refractivity contribution in [2.24, 2.45) is 7.05 Å². The number of aromatic nitrogens is 6. The van der Waals surface area contributed by atoms with Gasteiger partial charge in [-0.15, -0.1) is 0 Å². The summed E-state index contributed by atoms with van der Waals surface area (Å²) in [4.78, 5) is 8.81. The van der Waals surface area contributed by atoms with Gasteiger partial charge in [0.2, 0.25) is 0 Å². The number of aromatic amines is 1. The van der Waals surface area contributed by atoms with Gasteiger partial charge in [-0.2, -0.15) is 0 Å². The second-order valence-electron chi connectivity index (χ2n) is 9.67. The first kappa shape index (κ1) is 21.2. The van der Waals surface area contributed by atoms with Crippen LogP contribution in [-0.4, -0.2) is 56.5 Å². The molecule has 0 radical (unpaired) electrons. The molecule has 8 nitrogen and oxygen atoms in total. The van der Waals surface area contributed by atoms with Gasteiger partial charge >= 0.3 is 197 Å². The van der Waals surface area contributed by atoms with Crippen LogP contribution in [0.1, 0.15) is 35.8 Å². The Morgan fingerprint density at radius 3 is 2.70 bits per heavy atom. The zero-order valence-corrected chi connectivity index (χ0v) is 21.2. The summed E-state index contributed by atoms with van der Waals surface area (Å²) in [5.74, 6) is 1.46. The number of nitrogens with one attached hydrogen (secondary N) is 1. The molecular weight excluding hydrogens is 531 g/mol. The average Bonchev–Trinajstić information content (AvgIpc) is 3.40. The van der Waals surface area contributed by atoms with Gasteiger partial charge in [0, 0.05) is 0 Å². The van der Waals surface area contributed by atoms with Crippen molar-refractivity contribution < 1.29 is 27.0 Å². The van der Waals surface area contributed by atoms with Gasteiger partial charge < -0.3 is 0 Å². The monoisotopic (exact) mass is 559 g/mol. The Morgan fingerprint density at radius 1 is 1.24 bits per heavy atom. The number of hydrogen-bond donors (Lipinski definition) is 2. The molecule has 4 aromatic rings. The maximum absolute atomic E-state index is 11.0. The minimum atomic E-state index is -3.09. The van der Waals surface area contributed by atoms with Crippen LogP contribution in [0, 0.1) is 3.70 Å². The predicted octanol–water partition coefficient (Wildman–Crippen LogP) is -0.362. The molecule has 1 saturated heterocycles. The zero-order valence-electron chi connectivity index (χ0n) is 19.0. The van der Waals surface area contributed by atoms with E-state index >= 15 is 0 Å². The number of H-pyrrole nitrogens is 1. The number of hydrogen-bond acceptors (Lipinski definition) is 6. The van der Waals surface area contributed by atoms with Gasteiger partial charge in [-0.05, 0) is 0 Å². The van der Waals surface area contributed by atoms with Gasteiger partial charge in [0.05, 0.1) is 0 Å². The first-order valence-electron chi connectivity index (χ1n) is 11.1. The van der Waals surface area contributed by atoms with E-state index in [0.29, 0.717) is 19.1 Å². The topological polar surface area (TPSA) is 102 Å². The fraction of sp³-hybridized carbons (Fsp3) is 0.417. The Bertz CT molecular complexity index is 1350. The second kappa shape index (κ2) is 7.57. The summed E-state index contributed by atoms with van der Waals surface area (Å²) in [7, 11) is 1.98. The molecule has 3 aromatic heterocycles. The Hall–Kier alpha value is -2.37. The Morgan fingerprint density at radius 2 is 2.06 bits per heavy atom. The Balaban J connectivity index is 1.45. The van der Waals surface area contributed by atoms with Crippen molar-refractivity contribution in [1.29, 1.82) is 0 Å². The van der Waals surface area contributed by atoms with Gasteiger partial charge in [0.15, 0.2) is 0 Å². The molecule has 0 atom stereocenters. The summed E-state index contributed by atoms with van der Waals surface area (Å²) in [6.45, 7) is 1.33. The third-order valence-electron chi connectivity index (χ3n) is 6.77. The molecule has 1 aliphatic heterocycles. The van der Waals surface area contributed by atoms with Gasteiger partial charge in [0.25, 0.3) is 0 Å². The van der Waals surface area contributed by atoms with Crippen LogP contribution < -0.4 is 18.8 Å². The summed E-state index contributed by atoms with van der Waals surface area (Å²) in [5, 5.41) is 17.3. The first-order valence-corrected chi connectivity index (χ1v) is 17.5. The molecule has 6 rings (SSSR count). The molecule has 1 saturated carbocycles. The SMILES string of the molecule is Cn1cnnc1CC1(c2cccc(-c3n[nH]c4c([I-](C)(C)O)nc(C5CC5)cc34)c2)COC1. The molecule has 2 aliphatic rings. The van der Waals surface area contributed by atoms with E-state index in [2.05, 4.69) is 45.6 Å². The summed E-state index contributed by atoms with van der Waals surface area (Å²) in [5.41, 5.74) is 5.05. The number of pyridine rings is 1. The van der Waals surface area contributed by atoms with Gasteiger partial charge in [-0.1, -0.05) is 0 Å². The van der Waals surface area contributed by atoms with Crippen molar-refractivity contribution in [3.8, 4) is 11.3 Å². The summed E-state index contributed by atoms with van der Waals surface area (Å²) >= 11 is -3.09. The Kier molecular flexibility index (Phi) is 4.86. The van der Waals surface area contributed by atoms with E-state index in [4.69, 9.17) is 14.8 Å². The van der Waals surface area contributed by atoms with E-state index in [1.165, 1.54) is 18.4 Å². The van der Waals surface area contributed by atoms with Crippen LogP contribution in [0.15, 0.2) is 36.7 Å². The number of benzene rings is 1.